The molecule has 1 rings (SSSR count). The number of hydrogen-bond acceptors (Lipinski definition) is 3. The maximum Gasteiger partial charge on any atom is 0.410 e. The number of ether oxygens (including phenoxy) is 1. The molecule has 1 amide bonds. The van der Waals surface area contributed by atoms with Crippen molar-refractivity contribution in [1.82, 2.24) is 14.9 Å². The van der Waals surface area contributed by atoms with Gasteiger partial charge < -0.3 is 14.6 Å². The molecule has 0 atom stereocenters. The summed E-state index contributed by atoms with van der Waals surface area (Å²) in [6.45, 7) is 8.54. The predicted octanol–water partition coefficient (Wildman–Crippen LogP) is 1.35. The van der Waals surface area contributed by atoms with E-state index < -0.39 is 5.60 Å². The van der Waals surface area contributed by atoms with E-state index in [1.165, 1.54) is 6.20 Å². The molecule has 0 aliphatic carbocycles. The topological polar surface area (TPSA) is 58.2 Å². The maximum absolute atomic E-state index is 12.0. The normalized spacial score (nSPS) is 11.3. The van der Waals surface area contributed by atoms with Gasteiger partial charge in [0, 0.05) is 12.7 Å². The van der Waals surface area contributed by atoms with Crippen LogP contribution in [0.1, 0.15) is 39.9 Å². The molecule has 1 N–H and O–H groups in total. The van der Waals surface area contributed by atoms with Crippen LogP contribution in [0.15, 0.2) is 6.20 Å². The minimum absolute atomic E-state index is 0.334. The Balaban J connectivity index is 2.67. The molecule has 6 heteroatoms. The largest absolute Gasteiger partial charge is 0.444 e. The lowest BCUT2D eigenvalue weighted by atomic mass is 10.1. The Morgan fingerprint density at radius 1 is 1.56 bits per heavy atom. The first-order valence-corrected chi connectivity index (χ1v) is 6.09. The molecule has 0 aromatic carbocycles. The van der Waals surface area contributed by atoms with Crippen LogP contribution in [-0.4, -0.2) is 41.0 Å². The van der Waals surface area contributed by atoms with Crippen LogP contribution in [0.2, 0.25) is 0 Å². The van der Waals surface area contributed by atoms with Crippen LogP contribution in [-0.2, 0) is 11.3 Å². The predicted molar refractivity (Wildman–Crippen MR) is 70.9 cm³/mol. The van der Waals surface area contributed by atoms with E-state index in [1.54, 1.807) is 4.90 Å². The number of aromatic amines is 1. The van der Waals surface area contributed by atoms with E-state index in [9.17, 15) is 4.79 Å². The van der Waals surface area contributed by atoms with Gasteiger partial charge in [-0.25, -0.2) is 9.78 Å². The summed E-state index contributed by atoms with van der Waals surface area (Å²) in [5, 5.41) is 0. The monoisotopic (exact) mass is 249 g/mol. The van der Waals surface area contributed by atoms with E-state index in [0.717, 1.165) is 6.42 Å². The van der Waals surface area contributed by atoms with Crippen LogP contribution in [0, 0.1) is 0 Å². The molecule has 2 radical (unpaired) electrons. The Morgan fingerprint density at radius 3 is 2.67 bits per heavy atom. The van der Waals surface area contributed by atoms with Crippen LogP contribution < -0.4 is 5.59 Å². The third-order valence-electron chi connectivity index (χ3n) is 2.13. The van der Waals surface area contributed by atoms with Crippen LogP contribution in [0.4, 0.5) is 4.79 Å². The number of amides is 1. The Morgan fingerprint density at radius 2 is 2.22 bits per heavy atom. The SMILES string of the molecule is [B]c1cnc(CN(CCC)C(=O)OC(C)(C)C)[nH]1. The van der Waals surface area contributed by atoms with Gasteiger partial charge in [0.25, 0.3) is 0 Å². The number of H-pyrrole nitrogens is 1. The van der Waals surface area contributed by atoms with Crippen LogP contribution in [0.25, 0.3) is 0 Å². The zero-order chi connectivity index (χ0) is 13.8. The molecule has 0 spiro atoms. The third kappa shape index (κ3) is 4.81. The van der Waals surface area contributed by atoms with Gasteiger partial charge in [0.2, 0.25) is 0 Å². The average Bonchev–Trinajstić information content (AvgIpc) is 2.61. The van der Waals surface area contributed by atoms with E-state index in [4.69, 9.17) is 12.6 Å². The smallest absolute Gasteiger partial charge is 0.410 e. The van der Waals surface area contributed by atoms with Crippen molar-refractivity contribution in [1.29, 1.82) is 0 Å². The van der Waals surface area contributed by atoms with Crippen LogP contribution >= 0.6 is 0 Å². The van der Waals surface area contributed by atoms with Gasteiger partial charge in [0.15, 0.2) is 0 Å². The highest BCUT2D eigenvalue weighted by molar-refractivity contribution is 6.30. The molecule has 1 aromatic heterocycles. The first-order chi connectivity index (χ1) is 8.31. The van der Waals surface area contributed by atoms with E-state index in [-0.39, 0.29) is 6.09 Å². The maximum atomic E-state index is 12.0. The van der Waals surface area contributed by atoms with E-state index in [1.807, 2.05) is 27.7 Å². The minimum atomic E-state index is -0.495. The minimum Gasteiger partial charge on any atom is -0.444 e. The second-order valence-electron chi connectivity index (χ2n) is 5.19. The fraction of sp³-hybridized carbons (Fsp3) is 0.667. The summed E-state index contributed by atoms with van der Waals surface area (Å²) < 4.78 is 5.35. The van der Waals surface area contributed by atoms with E-state index >= 15 is 0 Å². The number of hydrogen-bond donors (Lipinski definition) is 1. The molecule has 0 aliphatic rings. The highest BCUT2D eigenvalue weighted by atomic mass is 16.6. The fourth-order valence-electron chi connectivity index (χ4n) is 1.47. The molecular weight excluding hydrogens is 229 g/mol. The molecule has 0 saturated heterocycles. The summed E-state index contributed by atoms with van der Waals surface area (Å²) in [7, 11) is 5.55. The molecule has 98 valence electrons. The molecule has 0 aliphatic heterocycles. The highest BCUT2D eigenvalue weighted by Gasteiger charge is 2.22. The van der Waals surface area contributed by atoms with Crippen molar-refractivity contribution >= 4 is 19.5 Å². The molecule has 0 unspecified atom stereocenters. The summed E-state index contributed by atoms with van der Waals surface area (Å²) in [6, 6.07) is 0. The first-order valence-electron chi connectivity index (χ1n) is 6.09. The standard InChI is InChI=1S/C12H20BN3O2/c1-5-6-16(11(17)18-12(2,3)4)8-10-14-7-9(13)15-10/h7H,5-6,8H2,1-4H3,(H,14,15). The highest BCUT2D eigenvalue weighted by Crippen LogP contribution is 2.11. The lowest BCUT2D eigenvalue weighted by molar-refractivity contribution is 0.0229. The van der Waals surface area contributed by atoms with Crippen molar-refractivity contribution in [2.75, 3.05) is 6.54 Å². The number of nitrogens with zero attached hydrogens (tertiary/aromatic N) is 2. The summed E-state index contributed by atoms with van der Waals surface area (Å²) in [5.41, 5.74) is -0.00344. The van der Waals surface area contributed by atoms with Gasteiger partial charge in [0.1, 0.15) is 19.3 Å². The second kappa shape index (κ2) is 5.93. The zero-order valence-electron chi connectivity index (χ0n) is 11.5. The zero-order valence-corrected chi connectivity index (χ0v) is 11.5. The van der Waals surface area contributed by atoms with Gasteiger partial charge in [-0.3, -0.25) is 0 Å². The fourth-order valence-corrected chi connectivity index (χ4v) is 1.47. The lowest BCUT2D eigenvalue weighted by Gasteiger charge is -2.26. The Hall–Kier alpha value is -1.46. The number of rotatable bonds is 4. The quantitative estimate of drug-likeness (QED) is 0.819. The molecule has 0 fully saturated rings. The van der Waals surface area contributed by atoms with Gasteiger partial charge in [-0.2, -0.15) is 0 Å². The Labute approximate surface area is 109 Å². The van der Waals surface area contributed by atoms with Crippen molar-refractivity contribution in [3.63, 3.8) is 0 Å². The summed E-state index contributed by atoms with van der Waals surface area (Å²) in [4.78, 5) is 20.6. The number of nitrogens with one attached hydrogen (secondary N) is 1. The van der Waals surface area contributed by atoms with Crippen LogP contribution in [0.5, 0.6) is 0 Å². The molecule has 5 nitrogen and oxygen atoms in total. The molecular formula is C12H20BN3O2. The molecule has 0 bridgehead atoms. The van der Waals surface area contributed by atoms with Crippen LogP contribution in [0.3, 0.4) is 0 Å². The van der Waals surface area contributed by atoms with Crippen molar-refractivity contribution in [3.05, 3.63) is 12.0 Å². The summed E-state index contributed by atoms with van der Waals surface area (Å²) in [6.07, 6.45) is 2.06. The molecule has 1 heterocycles. The van der Waals surface area contributed by atoms with Gasteiger partial charge in [0.05, 0.1) is 6.54 Å². The van der Waals surface area contributed by atoms with Gasteiger partial charge >= 0.3 is 6.09 Å². The third-order valence-corrected chi connectivity index (χ3v) is 2.13. The first kappa shape index (κ1) is 14.6. The second-order valence-corrected chi connectivity index (χ2v) is 5.19. The van der Waals surface area contributed by atoms with Crippen molar-refractivity contribution in [2.24, 2.45) is 0 Å². The van der Waals surface area contributed by atoms with Crippen molar-refractivity contribution in [3.8, 4) is 0 Å². The molecule has 0 saturated carbocycles. The Kier molecular flexibility index (Phi) is 4.81. The summed E-state index contributed by atoms with van der Waals surface area (Å²) in [5.74, 6) is 0.659. The lowest BCUT2D eigenvalue weighted by Crippen LogP contribution is -2.37. The van der Waals surface area contributed by atoms with Gasteiger partial charge in [-0.05, 0) is 32.8 Å². The number of aromatic nitrogens is 2. The number of imidazole rings is 1. The molecule has 18 heavy (non-hydrogen) atoms. The van der Waals surface area contributed by atoms with Crippen molar-refractivity contribution in [2.45, 2.75) is 46.3 Å². The van der Waals surface area contributed by atoms with Gasteiger partial charge in [-0.1, -0.05) is 6.92 Å². The average molecular weight is 249 g/mol. The summed E-state index contributed by atoms with van der Waals surface area (Å²) >= 11 is 0. The van der Waals surface area contributed by atoms with Crippen molar-refractivity contribution < 1.29 is 9.53 Å². The molecule has 1 aromatic rings. The Bertz CT molecular complexity index is 398. The number of carbonyl (C=O) groups is 1. The van der Waals surface area contributed by atoms with E-state index in [2.05, 4.69) is 9.97 Å². The van der Waals surface area contributed by atoms with E-state index in [0.29, 0.717) is 24.5 Å². The number of carbonyl (C=O) groups excluding carboxylic acids is 1. The van der Waals surface area contributed by atoms with Gasteiger partial charge in [-0.15, -0.1) is 0 Å².